The van der Waals surface area contributed by atoms with Crippen molar-refractivity contribution in [1.29, 1.82) is 0 Å². The van der Waals surface area contributed by atoms with Crippen molar-refractivity contribution in [1.82, 2.24) is 9.66 Å². The maximum Gasteiger partial charge on any atom is 0.282 e. The van der Waals surface area contributed by atoms with Gasteiger partial charge in [0.15, 0.2) is 0 Å². The Balaban J connectivity index is 1.77. The molecule has 0 spiro atoms. The van der Waals surface area contributed by atoms with E-state index in [1.54, 1.807) is 6.07 Å². The van der Waals surface area contributed by atoms with Crippen molar-refractivity contribution in [2.24, 2.45) is 5.10 Å². The van der Waals surface area contributed by atoms with Gasteiger partial charge < -0.3 is 4.42 Å². The quantitative estimate of drug-likeness (QED) is 0.315. The molecule has 0 radical (unpaired) electrons. The molecular weight excluding hydrogens is 466 g/mol. The first-order chi connectivity index (χ1) is 14.3. The molecule has 5 nitrogen and oxygen atoms in total. The normalized spacial score (nSPS) is 11.8. The monoisotopic (exact) mass is 483 g/mol. The summed E-state index contributed by atoms with van der Waals surface area (Å²) in [6, 6.07) is 14.8. The van der Waals surface area contributed by atoms with E-state index < -0.39 is 0 Å². The summed E-state index contributed by atoms with van der Waals surface area (Å²) in [4.78, 5) is 17.7. The number of rotatable bonds is 4. The van der Waals surface area contributed by atoms with E-state index in [4.69, 9.17) is 16.0 Å². The fourth-order valence-electron chi connectivity index (χ4n) is 3.21. The minimum absolute atomic E-state index is 0.0177. The number of aromatic nitrogens is 2. The van der Waals surface area contributed by atoms with E-state index in [0.29, 0.717) is 33.3 Å². The fraction of sp³-hybridized carbons (Fsp3) is 0.174. The summed E-state index contributed by atoms with van der Waals surface area (Å²) < 4.78 is 8.08. The average molecular weight is 485 g/mol. The molecule has 0 atom stereocenters. The van der Waals surface area contributed by atoms with E-state index in [-0.39, 0.29) is 11.5 Å². The lowest BCUT2D eigenvalue weighted by Crippen LogP contribution is -2.23. The van der Waals surface area contributed by atoms with Crippen LogP contribution in [0, 0.1) is 6.92 Å². The smallest absolute Gasteiger partial charge is 0.282 e. The largest absolute Gasteiger partial charge is 0.455 e. The highest BCUT2D eigenvalue weighted by molar-refractivity contribution is 9.10. The maximum atomic E-state index is 13.1. The van der Waals surface area contributed by atoms with Crippen LogP contribution in [0.3, 0.4) is 0 Å². The molecule has 7 heteroatoms. The van der Waals surface area contributed by atoms with Gasteiger partial charge in [0.25, 0.3) is 5.56 Å². The van der Waals surface area contributed by atoms with Crippen molar-refractivity contribution < 1.29 is 4.42 Å². The van der Waals surface area contributed by atoms with Gasteiger partial charge in [-0.3, -0.25) is 4.79 Å². The molecule has 0 bridgehead atoms. The molecule has 0 N–H and O–H groups in total. The molecule has 0 saturated carbocycles. The highest BCUT2D eigenvalue weighted by Crippen LogP contribution is 2.29. The van der Waals surface area contributed by atoms with Gasteiger partial charge in [-0.15, -0.1) is 0 Å². The van der Waals surface area contributed by atoms with Crippen molar-refractivity contribution in [3.8, 4) is 11.3 Å². The number of benzene rings is 2. The molecule has 0 aliphatic carbocycles. The number of hydrogen-bond acceptors (Lipinski definition) is 4. The van der Waals surface area contributed by atoms with E-state index in [2.05, 4.69) is 26.0 Å². The first-order valence-corrected chi connectivity index (χ1v) is 10.6. The van der Waals surface area contributed by atoms with Crippen molar-refractivity contribution in [3.63, 3.8) is 0 Å². The zero-order valence-electron chi connectivity index (χ0n) is 16.7. The molecule has 30 heavy (non-hydrogen) atoms. The molecule has 2 aromatic heterocycles. The van der Waals surface area contributed by atoms with E-state index in [0.717, 1.165) is 15.6 Å². The Labute approximate surface area is 187 Å². The number of hydrogen-bond donors (Lipinski definition) is 0. The lowest BCUT2D eigenvalue weighted by Gasteiger charge is -2.11. The van der Waals surface area contributed by atoms with Gasteiger partial charge in [0.1, 0.15) is 17.3 Å². The van der Waals surface area contributed by atoms with Crippen molar-refractivity contribution in [2.75, 3.05) is 0 Å². The highest BCUT2D eigenvalue weighted by atomic mass is 79.9. The third kappa shape index (κ3) is 3.85. The summed E-state index contributed by atoms with van der Waals surface area (Å²) in [5.41, 5.74) is 2.29. The van der Waals surface area contributed by atoms with Crippen molar-refractivity contribution in [3.05, 3.63) is 85.5 Å². The molecule has 0 unspecified atom stereocenters. The molecule has 2 heterocycles. The van der Waals surface area contributed by atoms with Crippen LogP contribution in [0.5, 0.6) is 0 Å². The van der Waals surface area contributed by atoms with Crippen molar-refractivity contribution in [2.45, 2.75) is 26.7 Å². The Morgan fingerprint density at radius 2 is 2.00 bits per heavy atom. The van der Waals surface area contributed by atoms with Crippen molar-refractivity contribution >= 4 is 44.6 Å². The molecule has 0 aliphatic heterocycles. The second-order valence-corrected chi connectivity index (χ2v) is 8.58. The number of furan rings is 1. The highest BCUT2D eigenvalue weighted by Gasteiger charge is 2.14. The van der Waals surface area contributed by atoms with Gasteiger partial charge in [0.2, 0.25) is 0 Å². The van der Waals surface area contributed by atoms with Gasteiger partial charge >= 0.3 is 0 Å². The topological polar surface area (TPSA) is 60.4 Å². The zero-order chi connectivity index (χ0) is 21.4. The molecule has 4 aromatic rings. The number of halogens is 2. The van der Waals surface area contributed by atoms with Gasteiger partial charge in [-0.1, -0.05) is 53.5 Å². The van der Waals surface area contributed by atoms with E-state index >= 15 is 0 Å². The van der Waals surface area contributed by atoms with Crippen LogP contribution < -0.4 is 5.56 Å². The minimum atomic E-state index is -0.223. The summed E-state index contributed by atoms with van der Waals surface area (Å²) >= 11 is 9.63. The van der Waals surface area contributed by atoms with Gasteiger partial charge in [-0.2, -0.15) is 9.78 Å². The first kappa shape index (κ1) is 20.6. The Hall–Kier alpha value is -2.70. The van der Waals surface area contributed by atoms with Crippen LogP contribution in [0.2, 0.25) is 5.02 Å². The average Bonchev–Trinajstić information content (AvgIpc) is 3.18. The lowest BCUT2D eigenvalue weighted by atomic mass is 10.1. The van der Waals surface area contributed by atoms with Crippen LogP contribution in [0.1, 0.15) is 36.9 Å². The molecule has 152 valence electrons. The number of nitrogens with zero attached hydrogens (tertiary/aromatic N) is 3. The summed E-state index contributed by atoms with van der Waals surface area (Å²) in [5.74, 6) is 1.82. The van der Waals surface area contributed by atoms with Crippen LogP contribution in [0.15, 0.2) is 67.3 Å². The van der Waals surface area contributed by atoms with E-state index in [1.807, 2.05) is 63.2 Å². The Bertz CT molecular complexity index is 1340. The van der Waals surface area contributed by atoms with Crippen LogP contribution in [-0.2, 0) is 0 Å². The van der Waals surface area contributed by atoms with Gasteiger partial charge in [-0.25, -0.2) is 4.98 Å². The summed E-state index contributed by atoms with van der Waals surface area (Å²) in [5, 5.41) is 5.59. The van der Waals surface area contributed by atoms with Gasteiger partial charge in [0, 0.05) is 21.0 Å². The minimum Gasteiger partial charge on any atom is -0.455 e. The molecule has 0 amide bonds. The molecule has 0 aliphatic rings. The van der Waals surface area contributed by atoms with E-state index in [9.17, 15) is 4.79 Å². The Kier molecular flexibility index (Phi) is 5.62. The second kappa shape index (κ2) is 8.20. The molecule has 4 rings (SSSR count). The number of fused-ring (bicyclic) bond motifs is 1. The predicted molar refractivity (Wildman–Crippen MR) is 125 cm³/mol. The molecule has 0 saturated heterocycles. The first-order valence-electron chi connectivity index (χ1n) is 9.47. The van der Waals surface area contributed by atoms with Gasteiger partial charge in [0.05, 0.1) is 17.1 Å². The Morgan fingerprint density at radius 1 is 1.20 bits per heavy atom. The SMILES string of the molecule is Cc1c(Cl)cccc1-c1ccc(C=Nn2c(C(C)C)nc3ccc(Br)cc3c2=O)o1. The van der Waals surface area contributed by atoms with Crippen LogP contribution in [-0.4, -0.2) is 15.9 Å². The lowest BCUT2D eigenvalue weighted by molar-refractivity contribution is 0.572. The van der Waals surface area contributed by atoms with Crippen LogP contribution >= 0.6 is 27.5 Å². The molecular formula is C23H19BrClN3O2. The van der Waals surface area contributed by atoms with Gasteiger partial charge in [-0.05, 0) is 48.9 Å². The third-order valence-corrected chi connectivity index (χ3v) is 5.71. The van der Waals surface area contributed by atoms with Crippen LogP contribution in [0.4, 0.5) is 0 Å². The van der Waals surface area contributed by atoms with Crippen LogP contribution in [0.25, 0.3) is 22.2 Å². The third-order valence-electron chi connectivity index (χ3n) is 4.81. The maximum absolute atomic E-state index is 13.1. The standard InChI is InChI=1S/C23H19BrClN3O2/c1-13(2)22-27-20-9-7-15(24)11-18(20)23(29)28(22)26-12-16-8-10-21(30-16)17-5-4-6-19(25)14(17)3/h4-13H,1-3H3. The molecule has 0 fully saturated rings. The summed E-state index contributed by atoms with van der Waals surface area (Å²) in [6.45, 7) is 5.90. The van der Waals surface area contributed by atoms with E-state index in [1.165, 1.54) is 10.9 Å². The zero-order valence-corrected chi connectivity index (χ0v) is 19.0. The predicted octanol–water partition coefficient (Wildman–Crippen LogP) is 6.39. The summed E-state index contributed by atoms with van der Waals surface area (Å²) in [7, 11) is 0. The second-order valence-electron chi connectivity index (χ2n) is 7.26. The summed E-state index contributed by atoms with van der Waals surface area (Å²) in [6.07, 6.45) is 1.53. The fourth-order valence-corrected chi connectivity index (χ4v) is 3.74. The molecule has 2 aromatic carbocycles. The Morgan fingerprint density at radius 3 is 2.77 bits per heavy atom.